The molecular weight excluding hydrogens is 372 g/mol. The minimum Gasteiger partial charge on any atom is -0.497 e. The number of hydrogen-bond donors (Lipinski definition) is 0. The Morgan fingerprint density at radius 1 is 0.967 bits per heavy atom. The molecule has 5 rings (SSSR count). The highest BCUT2D eigenvalue weighted by molar-refractivity contribution is 5.64. The number of anilines is 1. The summed E-state index contributed by atoms with van der Waals surface area (Å²) in [5.74, 6) is 3.67. The topological polar surface area (TPSA) is 62.0 Å². The maximum atomic E-state index is 8.70. The number of piperidine rings is 1. The Morgan fingerprint density at radius 3 is 2.03 bits per heavy atom. The molecular formula is C25H26N4O. The van der Waals surface area contributed by atoms with Gasteiger partial charge in [-0.15, -0.1) is 0 Å². The van der Waals surface area contributed by atoms with E-state index in [1.165, 1.54) is 25.1 Å². The highest BCUT2D eigenvalue weighted by Gasteiger charge is 2.45. The summed E-state index contributed by atoms with van der Waals surface area (Å²) >= 11 is 0. The number of aromatic nitrogens is 2. The fourth-order valence-electron chi connectivity index (χ4n) is 3.78. The van der Waals surface area contributed by atoms with Crippen molar-refractivity contribution in [2.24, 2.45) is 11.8 Å². The standard InChI is InChI=1S/C14H11NO.C11H15N3/c1-16-14-8-6-13(7-9-14)12-4-2-11(10-15)3-5-12;1-2-8-4-12-11(13-5-8)14-6-9-3-10(9)7-14/h2-9H,1H3;4-5,9-10H,2-3,6-7H2,1H3. The molecule has 1 saturated carbocycles. The van der Waals surface area contributed by atoms with Crippen molar-refractivity contribution in [1.82, 2.24) is 9.97 Å². The average molecular weight is 399 g/mol. The summed E-state index contributed by atoms with van der Waals surface area (Å²) < 4.78 is 5.10. The van der Waals surface area contributed by atoms with Gasteiger partial charge in [0, 0.05) is 25.5 Å². The second-order valence-electron chi connectivity index (χ2n) is 7.82. The summed E-state index contributed by atoms with van der Waals surface area (Å²) in [6, 6.07) is 17.5. The molecule has 1 aliphatic carbocycles. The maximum absolute atomic E-state index is 8.70. The highest BCUT2D eigenvalue weighted by atomic mass is 16.5. The lowest BCUT2D eigenvalue weighted by atomic mass is 10.0. The molecule has 5 nitrogen and oxygen atoms in total. The van der Waals surface area contributed by atoms with Crippen LogP contribution in [0.5, 0.6) is 5.75 Å². The van der Waals surface area contributed by atoms with Crippen LogP contribution in [0.4, 0.5) is 5.95 Å². The lowest BCUT2D eigenvalue weighted by molar-refractivity contribution is 0.415. The van der Waals surface area contributed by atoms with Gasteiger partial charge in [0.15, 0.2) is 0 Å². The van der Waals surface area contributed by atoms with Gasteiger partial charge in [-0.3, -0.25) is 0 Å². The predicted molar refractivity (Wildman–Crippen MR) is 118 cm³/mol. The molecule has 0 spiro atoms. The highest BCUT2D eigenvalue weighted by Crippen LogP contribution is 2.45. The smallest absolute Gasteiger partial charge is 0.225 e. The third kappa shape index (κ3) is 4.60. The molecule has 1 saturated heterocycles. The SMILES string of the molecule is CCc1cnc(N2CC3CC3C2)nc1.COc1ccc(-c2ccc(C#N)cc2)cc1. The van der Waals surface area contributed by atoms with E-state index in [-0.39, 0.29) is 0 Å². The molecule has 5 heteroatoms. The molecule has 2 fully saturated rings. The van der Waals surface area contributed by atoms with Gasteiger partial charge >= 0.3 is 0 Å². The van der Waals surface area contributed by atoms with E-state index in [0.29, 0.717) is 5.56 Å². The number of ether oxygens (including phenoxy) is 1. The monoisotopic (exact) mass is 398 g/mol. The van der Waals surface area contributed by atoms with Gasteiger partial charge in [-0.1, -0.05) is 31.2 Å². The van der Waals surface area contributed by atoms with Crippen molar-refractivity contribution in [1.29, 1.82) is 5.26 Å². The van der Waals surface area contributed by atoms with E-state index in [2.05, 4.69) is 27.9 Å². The van der Waals surface area contributed by atoms with E-state index in [1.54, 1.807) is 7.11 Å². The molecule has 2 atom stereocenters. The van der Waals surface area contributed by atoms with Crippen molar-refractivity contribution < 1.29 is 4.74 Å². The van der Waals surface area contributed by atoms with Gasteiger partial charge in [-0.05, 0) is 65.6 Å². The predicted octanol–water partition coefficient (Wildman–Crippen LogP) is 4.73. The van der Waals surface area contributed by atoms with Crippen LogP contribution < -0.4 is 9.64 Å². The lowest BCUT2D eigenvalue weighted by Gasteiger charge is -2.17. The zero-order valence-electron chi connectivity index (χ0n) is 17.5. The Bertz CT molecular complexity index is 997. The van der Waals surface area contributed by atoms with Crippen molar-refractivity contribution in [3.05, 3.63) is 72.1 Å². The molecule has 0 bridgehead atoms. The summed E-state index contributed by atoms with van der Waals surface area (Å²) in [6.45, 7) is 4.48. The molecule has 2 aromatic carbocycles. The Labute approximate surface area is 178 Å². The molecule has 1 aliphatic heterocycles. The van der Waals surface area contributed by atoms with Crippen LogP contribution in [0.25, 0.3) is 11.1 Å². The van der Waals surface area contributed by atoms with E-state index in [0.717, 1.165) is 41.1 Å². The summed E-state index contributed by atoms with van der Waals surface area (Å²) in [5, 5.41) is 8.70. The largest absolute Gasteiger partial charge is 0.497 e. The van der Waals surface area contributed by atoms with Gasteiger partial charge in [-0.25, -0.2) is 9.97 Å². The Morgan fingerprint density at radius 2 is 1.53 bits per heavy atom. The number of nitriles is 1. The maximum Gasteiger partial charge on any atom is 0.225 e. The van der Waals surface area contributed by atoms with Gasteiger partial charge in [0.25, 0.3) is 0 Å². The van der Waals surface area contributed by atoms with Crippen LogP contribution in [0.2, 0.25) is 0 Å². The lowest BCUT2D eigenvalue weighted by Crippen LogP contribution is -2.23. The van der Waals surface area contributed by atoms with E-state index >= 15 is 0 Å². The molecule has 0 N–H and O–H groups in total. The molecule has 30 heavy (non-hydrogen) atoms. The molecule has 3 aromatic rings. The minimum atomic E-state index is 0.678. The quantitative estimate of drug-likeness (QED) is 0.636. The minimum absolute atomic E-state index is 0.678. The molecule has 152 valence electrons. The molecule has 2 aliphatic rings. The molecule has 0 amide bonds. The summed E-state index contributed by atoms with van der Waals surface area (Å²) in [4.78, 5) is 11.1. The van der Waals surface area contributed by atoms with Crippen LogP contribution in [-0.2, 0) is 6.42 Å². The number of benzene rings is 2. The number of fused-ring (bicyclic) bond motifs is 1. The van der Waals surface area contributed by atoms with Crippen LogP contribution in [0.3, 0.4) is 0 Å². The second-order valence-corrected chi connectivity index (χ2v) is 7.82. The summed E-state index contributed by atoms with van der Waals surface area (Å²) in [6.07, 6.45) is 6.35. The molecule has 0 radical (unpaired) electrons. The van der Waals surface area contributed by atoms with Gasteiger partial charge in [0.1, 0.15) is 5.75 Å². The molecule has 2 heterocycles. The number of nitrogens with zero attached hydrogens (tertiary/aromatic N) is 4. The van der Waals surface area contributed by atoms with Crippen LogP contribution in [0.1, 0.15) is 24.5 Å². The normalized spacial score (nSPS) is 18.6. The van der Waals surface area contributed by atoms with Crippen molar-refractivity contribution in [3.63, 3.8) is 0 Å². The number of aryl methyl sites for hydroxylation is 1. The van der Waals surface area contributed by atoms with Crippen molar-refractivity contribution in [3.8, 4) is 22.9 Å². The first-order chi connectivity index (χ1) is 14.7. The number of methoxy groups -OCH3 is 1. The van der Waals surface area contributed by atoms with Crippen LogP contribution in [0, 0.1) is 23.2 Å². The van der Waals surface area contributed by atoms with Crippen LogP contribution >= 0.6 is 0 Å². The number of hydrogen-bond acceptors (Lipinski definition) is 5. The van der Waals surface area contributed by atoms with Gasteiger partial charge in [0.2, 0.25) is 5.95 Å². The molecule has 1 aromatic heterocycles. The Hall–Kier alpha value is -3.39. The fraction of sp³-hybridized carbons (Fsp3) is 0.320. The summed E-state index contributed by atoms with van der Waals surface area (Å²) in [7, 11) is 1.65. The van der Waals surface area contributed by atoms with Crippen LogP contribution in [0.15, 0.2) is 60.9 Å². The first kappa shape index (κ1) is 19.9. The van der Waals surface area contributed by atoms with Gasteiger partial charge in [-0.2, -0.15) is 5.26 Å². The van der Waals surface area contributed by atoms with Gasteiger partial charge < -0.3 is 9.64 Å². The average Bonchev–Trinajstić information content (AvgIpc) is 3.44. The fourth-order valence-corrected chi connectivity index (χ4v) is 3.78. The van der Waals surface area contributed by atoms with Gasteiger partial charge in [0.05, 0.1) is 18.7 Å². The Kier molecular flexibility index (Phi) is 5.94. The first-order valence-corrected chi connectivity index (χ1v) is 10.4. The number of rotatable bonds is 4. The Balaban J connectivity index is 0.000000146. The molecule has 2 unspecified atom stereocenters. The van der Waals surface area contributed by atoms with E-state index in [4.69, 9.17) is 10.00 Å². The third-order valence-electron chi connectivity index (χ3n) is 5.80. The van der Waals surface area contributed by atoms with E-state index in [9.17, 15) is 0 Å². The van der Waals surface area contributed by atoms with Crippen LogP contribution in [-0.4, -0.2) is 30.2 Å². The van der Waals surface area contributed by atoms with Crippen molar-refractivity contribution in [2.75, 3.05) is 25.1 Å². The van der Waals surface area contributed by atoms with E-state index < -0.39 is 0 Å². The van der Waals surface area contributed by atoms with E-state index in [1.807, 2.05) is 60.9 Å². The third-order valence-corrected chi connectivity index (χ3v) is 5.80. The van der Waals surface area contributed by atoms with Crippen molar-refractivity contribution >= 4 is 5.95 Å². The zero-order chi connectivity index (χ0) is 20.9. The first-order valence-electron chi connectivity index (χ1n) is 10.4. The second kappa shape index (κ2) is 8.96. The van der Waals surface area contributed by atoms with Crippen molar-refractivity contribution in [2.45, 2.75) is 19.8 Å². The zero-order valence-corrected chi connectivity index (χ0v) is 17.5. The summed E-state index contributed by atoms with van der Waals surface area (Å²) in [5.41, 5.74) is 4.11.